The quantitative estimate of drug-likeness (QED) is 0.387. The van der Waals surface area contributed by atoms with Gasteiger partial charge >= 0.3 is 0 Å². The number of carbonyl (C=O) groups excluding carboxylic acids is 1. The van der Waals surface area contributed by atoms with Crippen LogP contribution >= 0.6 is 0 Å². The summed E-state index contributed by atoms with van der Waals surface area (Å²) >= 11 is 0. The molecule has 1 heterocycles. The lowest BCUT2D eigenvalue weighted by Gasteiger charge is -2.22. The number of methoxy groups -OCH3 is 2. The van der Waals surface area contributed by atoms with Crippen LogP contribution in [0.5, 0.6) is 11.5 Å². The van der Waals surface area contributed by atoms with Crippen molar-refractivity contribution in [3.63, 3.8) is 0 Å². The fraction of sp³-hybridized carbons (Fsp3) is 0.333. The van der Waals surface area contributed by atoms with Gasteiger partial charge in [0.25, 0.3) is 0 Å². The molecule has 36 heavy (non-hydrogen) atoms. The third-order valence-electron chi connectivity index (χ3n) is 7.12. The molecule has 1 saturated carbocycles. The summed E-state index contributed by atoms with van der Waals surface area (Å²) in [7, 11) is 3.18. The first-order valence-corrected chi connectivity index (χ1v) is 12.7. The van der Waals surface area contributed by atoms with Crippen molar-refractivity contribution >= 4 is 23.0 Å². The normalized spacial score (nSPS) is 18.0. The molecule has 1 aliphatic heterocycles. The van der Waals surface area contributed by atoms with Crippen molar-refractivity contribution < 1.29 is 14.3 Å². The minimum atomic E-state index is -0.560. The summed E-state index contributed by atoms with van der Waals surface area (Å²) in [4.78, 5) is 18.3. The van der Waals surface area contributed by atoms with Crippen LogP contribution in [-0.2, 0) is 11.3 Å². The van der Waals surface area contributed by atoms with Gasteiger partial charge in [-0.15, -0.1) is 0 Å². The smallest absolute Gasteiger partial charge is 0.238 e. The predicted octanol–water partition coefficient (Wildman–Crippen LogP) is 5.98. The van der Waals surface area contributed by atoms with Crippen LogP contribution in [0.2, 0.25) is 0 Å². The van der Waals surface area contributed by atoms with Gasteiger partial charge < -0.3 is 20.1 Å². The minimum absolute atomic E-state index is 0.115. The first kappa shape index (κ1) is 24.1. The summed E-state index contributed by atoms with van der Waals surface area (Å²) in [6, 6.07) is 22.5. The molecule has 1 fully saturated rings. The van der Waals surface area contributed by atoms with E-state index in [4.69, 9.17) is 14.5 Å². The number of hydrogen-bond acceptors (Lipinski definition) is 5. The molecule has 6 heteroatoms. The number of rotatable bonds is 8. The van der Waals surface area contributed by atoms with Crippen molar-refractivity contribution in [3.05, 3.63) is 83.4 Å². The molecule has 186 valence electrons. The van der Waals surface area contributed by atoms with E-state index in [-0.39, 0.29) is 5.91 Å². The van der Waals surface area contributed by atoms with E-state index in [1.807, 2.05) is 54.6 Å². The molecule has 6 nitrogen and oxygen atoms in total. The van der Waals surface area contributed by atoms with E-state index in [0.29, 0.717) is 23.3 Å². The average molecular weight is 484 g/mol. The Kier molecular flexibility index (Phi) is 7.33. The molecule has 3 aromatic rings. The van der Waals surface area contributed by atoms with E-state index in [1.165, 1.54) is 37.7 Å². The third kappa shape index (κ3) is 5.14. The van der Waals surface area contributed by atoms with Gasteiger partial charge in [0.05, 0.1) is 25.6 Å². The lowest BCUT2D eigenvalue weighted by atomic mass is 9.90. The van der Waals surface area contributed by atoms with Crippen molar-refractivity contribution in [2.75, 3.05) is 19.5 Å². The van der Waals surface area contributed by atoms with Crippen LogP contribution in [0.3, 0.4) is 0 Å². The van der Waals surface area contributed by atoms with Crippen molar-refractivity contribution in [2.24, 2.45) is 4.99 Å². The molecule has 1 unspecified atom stereocenters. The Morgan fingerprint density at radius 2 is 1.64 bits per heavy atom. The average Bonchev–Trinajstić information content (AvgIpc) is 3.25. The Morgan fingerprint density at radius 1 is 0.944 bits per heavy atom. The number of anilines is 1. The summed E-state index contributed by atoms with van der Waals surface area (Å²) in [5.74, 6) is 0.485. The van der Waals surface area contributed by atoms with Crippen molar-refractivity contribution in [2.45, 2.75) is 50.6 Å². The van der Waals surface area contributed by atoms with Crippen LogP contribution in [0.15, 0.2) is 71.7 Å². The van der Waals surface area contributed by atoms with E-state index in [9.17, 15) is 4.79 Å². The van der Waals surface area contributed by atoms with E-state index >= 15 is 0 Å². The lowest BCUT2D eigenvalue weighted by Crippen LogP contribution is -2.30. The predicted molar refractivity (Wildman–Crippen MR) is 144 cm³/mol. The van der Waals surface area contributed by atoms with Gasteiger partial charge in [-0.05, 0) is 47.7 Å². The molecule has 0 spiro atoms. The van der Waals surface area contributed by atoms with Gasteiger partial charge in [0, 0.05) is 24.3 Å². The first-order chi connectivity index (χ1) is 17.7. The summed E-state index contributed by atoms with van der Waals surface area (Å²) in [5, 5.41) is 6.70. The number of carbonyl (C=O) groups is 1. The molecule has 1 aliphatic carbocycles. The van der Waals surface area contributed by atoms with E-state index < -0.39 is 5.92 Å². The zero-order valence-corrected chi connectivity index (χ0v) is 20.9. The number of aliphatic imine (C=N–C) groups is 1. The summed E-state index contributed by atoms with van der Waals surface area (Å²) in [5.41, 5.74) is 5.21. The topological polar surface area (TPSA) is 72.0 Å². The maximum Gasteiger partial charge on any atom is 0.238 e. The largest absolute Gasteiger partial charge is 0.493 e. The molecule has 2 N–H and O–H groups in total. The number of benzene rings is 3. The van der Waals surface area contributed by atoms with Crippen LogP contribution in [0.25, 0.3) is 0 Å². The second-order valence-corrected chi connectivity index (χ2v) is 9.46. The van der Waals surface area contributed by atoms with Crippen LogP contribution < -0.4 is 20.1 Å². The number of nitrogens with one attached hydrogen (secondary N) is 2. The van der Waals surface area contributed by atoms with Gasteiger partial charge in [0.2, 0.25) is 5.91 Å². The molecular weight excluding hydrogens is 450 g/mol. The Balaban J connectivity index is 1.45. The van der Waals surface area contributed by atoms with Gasteiger partial charge in [0.1, 0.15) is 5.92 Å². The molecule has 1 amide bonds. The monoisotopic (exact) mass is 483 g/mol. The standard InChI is InChI=1S/C30H33N3O3/c1-35-26-17-24-25(18-27(26)36-2)33-30(34)28(24)29(21-9-5-3-6-10-21)32-23-15-13-20(14-16-23)19-31-22-11-7-4-8-12-22/h3,5-6,9-10,13-18,22,28,31H,4,7-8,11-12,19H2,1-2H3,(H,33,34). The third-order valence-corrected chi connectivity index (χ3v) is 7.12. The molecule has 0 saturated heterocycles. The highest BCUT2D eigenvalue weighted by atomic mass is 16.5. The van der Waals surface area contributed by atoms with Gasteiger partial charge in [-0.25, -0.2) is 0 Å². The van der Waals surface area contributed by atoms with Gasteiger partial charge in [-0.3, -0.25) is 9.79 Å². The molecule has 0 bridgehead atoms. The molecular formula is C30H33N3O3. The Bertz CT molecular complexity index is 1230. The number of fused-ring (bicyclic) bond motifs is 1. The summed E-state index contributed by atoms with van der Waals surface area (Å²) < 4.78 is 10.9. The van der Waals surface area contributed by atoms with E-state index in [0.717, 1.165) is 29.0 Å². The zero-order chi connectivity index (χ0) is 24.9. The Labute approximate surface area is 212 Å². The SMILES string of the molecule is COc1cc2c(cc1OC)C(C(=Nc1ccc(CNC3CCCCC3)cc1)c1ccccc1)C(=O)N2. The molecule has 2 aliphatic rings. The van der Waals surface area contributed by atoms with Gasteiger partial charge in [0.15, 0.2) is 11.5 Å². The van der Waals surface area contributed by atoms with E-state index in [2.05, 4.69) is 22.8 Å². The molecule has 0 radical (unpaired) electrons. The minimum Gasteiger partial charge on any atom is -0.493 e. The lowest BCUT2D eigenvalue weighted by molar-refractivity contribution is -0.115. The van der Waals surface area contributed by atoms with Crippen molar-refractivity contribution in [3.8, 4) is 11.5 Å². The Morgan fingerprint density at radius 3 is 2.33 bits per heavy atom. The Hall–Kier alpha value is -3.64. The second kappa shape index (κ2) is 11.0. The highest BCUT2D eigenvalue weighted by Crippen LogP contribution is 2.42. The highest BCUT2D eigenvalue weighted by molar-refractivity contribution is 6.24. The fourth-order valence-electron chi connectivity index (χ4n) is 5.16. The number of hydrogen-bond donors (Lipinski definition) is 2. The fourth-order valence-corrected chi connectivity index (χ4v) is 5.16. The molecule has 3 aromatic carbocycles. The molecule has 0 aromatic heterocycles. The van der Waals surface area contributed by atoms with Crippen molar-refractivity contribution in [1.82, 2.24) is 5.32 Å². The summed E-state index contributed by atoms with van der Waals surface area (Å²) in [6.07, 6.45) is 6.54. The van der Waals surface area contributed by atoms with Gasteiger partial charge in [-0.2, -0.15) is 0 Å². The highest BCUT2D eigenvalue weighted by Gasteiger charge is 2.36. The number of ether oxygens (including phenoxy) is 2. The number of nitrogens with zero attached hydrogens (tertiary/aromatic N) is 1. The van der Waals surface area contributed by atoms with E-state index in [1.54, 1.807) is 14.2 Å². The number of amides is 1. The summed E-state index contributed by atoms with van der Waals surface area (Å²) in [6.45, 7) is 0.861. The van der Waals surface area contributed by atoms with Crippen molar-refractivity contribution in [1.29, 1.82) is 0 Å². The van der Waals surface area contributed by atoms with Crippen LogP contribution in [0, 0.1) is 0 Å². The molecule has 1 atom stereocenters. The first-order valence-electron chi connectivity index (χ1n) is 12.7. The van der Waals surface area contributed by atoms with Crippen LogP contribution in [0.1, 0.15) is 54.7 Å². The van der Waals surface area contributed by atoms with Crippen LogP contribution in [0.4, 0.5) is 11.4 Å². The second-order valence-electron chi connectivity index (χ2n) is 9.46. The molecule has 5 rings (SSSR count). The maximum absolute atomic E-state index is 13.2. The van der Waals surface area contributed by atoms with Crippen LogP contribution in [-0.4, -0.2) is 31.9 Å². The van der Waals surface area contributed by atoms with Gasteiger partial charge in [-0.1, -0.05) is 61.7 Å². The zero-order valence-electron chi connectivity index (χ0n) is 20.9. The maximum atomic E-state index is 13.2.